The molecule has 1 atom stereocenters. The van der Waals surface area contributed by atoms with Gasteiger partial charge in [-0.05, 0) is 43.9 Å². The summed E-state index contributed by atoms with van der Waals surface area (Å²) in [7, 11) is 0. The second kappa shape index (κ2) is 6.73. The van der Waals surface area contributed by atoms with Crippen LogP contribution in [0.25, 0.3) is 0 Å². The lowest BCUT2D eigenvalue weighted by molar-refractivity contribution is -0.152. The van der Waals surface area contributed by atoms with Crippen LogP contribution in [0.4, 0.5) is 0 Å². The summed E-state index contributed by atoms with van der Waals surface area (Å²) in [6.45, 7) is 5.70. The van der Waals surface area contributed by atoms with Crippen LogP contribution in [0.1, 0.15) is 30.0 Å². The maximum absolute atomic E-state index is 12.3. The standard InChI is InChI=1S/C17H21NO4/c1-4-22-16(20)10-18-15(19)9-14(17(18)21)8-13-6-5-11(2)12(3)7-13/h5-7,14H,4,8-10H2,1-3H3. The highest BCUT2D eigenvalue weighted by atomic mass is 16.5. The third kappa shape index (κ3) is 3.53. The summed E-state index contributed by atoms with van der Waals surface area (Å²) in [6, 6.07) is 6.04. The fraction of sp³-hybridized carbons (Fsp3) is 0.471. The molecule has 2 amide bonds. The Balaban J connectivity index is 2.04. The monoisotopic (exact) mass is 303 g/mol. The molecule has 1 fully saturated rings. The fourth-order valence-electron chi connectivity index (χ4n) is 2.63. The normalized spacial score (nSPS) is 18.0. The number of esters is 1. The maximum Gasteiger partial charge on any atom is 0.326 e. The van der Waals surface area contributed by atoms with Crippen molar-refractivity contribution in [2.24, 2.45) is 5.92 Å². The number of hydrogen-bond donors (Lipinski definition) is 0. The third-order valence-corrected chi connectivity index (χ3v) is 3.98. The van der Waals surface area contributed by atoms with Crippen molar-refractivity contribution in [1.82, 2.24) is 4.90 Å². The number of likely N-dealkylation sites (tertiary alicyclic amines) is 1. The van der Waals surface area contributed by atoms with Crippen LogP contribution < -0.4 is 0 Å². The number of benzene rings is 1. The molecule has 1 aromatic rings. The van der Waals surface area contributed by atoms with E-state index >= 15 is 0 Å². The number of carbonyl (C=O) groups excluding carboxylic acids is 3. The Bertz CT molecular complexity index is 609. The van der Waals surface area contributed by atoms with Crippen LogP contribution in [0.5, 0.6) is 0 Å². The van der Waals surface area contributed by atoms with Crippen LogP contribution in [-0.2, 0) is 25.5 Å². The van der Waals surface area contributed by atoms with Crippen LogP contribution in [0.15, 0.2) is 18.2 Å². The SMILES string of the molecule is CCOC(=O)CN1C(=O)CC(Cc2ccc(C)c(C)c2)C1=O. The molecule has 5 nitrogen and oxygen atoms in total. The summed E-state index contributed by atoms with van der Waals surface area (Å²) in [5.41, 5.74) is 3.39. The van der Waals surface area contributed by atoms with Gasteiger partial charge in [0.1, 0.15) is 6.54 Å². The summed E-state index contributed by atoms with van der Waals surface area (Å²) in [5.74, 6) is -1.51. The van der Waals surface area contributed by atoms with Gasteiger partial charge in [0.15, 0.2) is 0 Å². The lowest BCUT2D eigenvalue weighted by atomic mass is 9.95. The minimum Gasteiger partial charge on any atom is -0.465 e. The highest BCUT2D eigenvalue weighted by Gasteiger charge is 2.39. The molecule has 118 valence electrons. The molecule has 1 heterocycles. The number of aryl methyl sites for hydroxylation is 2. The Morgan fingerprint density at radius 3 is 2.64 bits per heavy atom. The summed E-state index contributed by atoms with van der Waals surface area (Å²) >= 11 is 0. The van der Waals surface area contributed by atoms with Crippen molar-refractivity contribution in [1.29, 1.82) is 0 Å². The molecular formula is C17H21NO4. The Kier molecular flexibility index (Phi) is 4.96. The molecule has 0 N–H and O–H groups in total. The highest BCUT2D eigenvalue weighted by Crippen LogP contribution is 2.24. The zero-order valence-electron chi connectivity index (χ0n) is 13.2. The molecule has 1 aliphatic rings. The van der Waals surface area contributed by atoms with E-state index in [4.69, 9.17) is 4.74 Å². The fourth-order valence-corrected chi connectivity index (χ4v) is 2.63. The average Bonchev–Trinajstić information content (AvgIpc) is 2.71. The number of nitrogens with zero attached hydrogens (tertiary/aromatic N) is 1. The number of amides is 2. The van der Waals surface area contributed by atoms with Gasteiger partial charge in [0.05, 0.1) is 12.5 Å². The van der Waals surface area contributed by atoms with Crippen molar-refractivity contribution in [3.05, 3.63) is 34.9 Å². The zero-order chi connectivity index (χ0) is 16.3. The summed E-state index contributed by atoms with van der Waals surface area (Å²) in [4.78, 5) is 36.7. The Hall–Kier alpha value is -2.17. The van der Waals surface area contributed by atoms with Gasteiger partial charge in [-0.15, -0.1) is 0 Å². The van der Waals surface area contributed by atoms with Gasteiger partial charge in [-0.2, -0.15) is 0 Å². The predicted molar refractivity (Wildman–Crippen MR) is 81.1 cm³/mol. The first-order valence-corrected chi connectivity index (χ1v) is 7.48. The van der Waals surface area contributed by atoms with Gasteiger partial charge in [0, 0.05) is 6.42 Å². The van der Waals surface area contributed by atoms with Crippen molar-refractivity contribution < 1.29 is 19.1 Å². The smallest absolute Gasteiger partial charge is 0.326 e. The molecule has 1 unspecified atom stereocenters. The minimum absolute atomic E-state index is 0.158. The van der Waals surface area contributed by atoms with Crippen molar-refractivity contribution in [2.45, 2.75) is 33.6 Å². The van der Waals surface area contributed by atoms with Crippen LogP contribution >= 0.6 is 0 Å². The van der Waals surface area contributed by atoms with Crippen molar-refractivity contribution in [3.8, 4) is 0 Å². The molecule has 5 heteroatoms. The second-order valence-corrected chi connectivity index (χ2v) is 5.65. The van der Waals surface area contributed by atoms with E-state index in [9.17, 15) is 14.4 Å². The molecule has 1 aromatic carbocycles. The van der Waals surface area contributed by atoms with E-state index < -0.39 is 5.97 Å². The van der Waals surface area contributed by atoms with Crippen molar-refractivity contribution in [3.63, 3.8) is 0 Å². The van der Waals surface area contributed by atoms with Gasteiger partial charge in [-0.25, -0.2) is 0 Å². The van der Waals surface area contributed by atoms with Crippen LogP contribution in [-0.4, -0.2) is 35.8 Å². The van der Waals surface area contributed by atoms with Gasteiger partial charge in [0.25, 0.3) is 0 Å². The Morgan fingerprint density at radius 2 is 2.00 bits per heavy atom. The molecule has 22 heavy (non-hydrogen) atoms. The van der Waals surface area contributed by atoms with Gasteiger partial charge in [0.2, 0.25) is 11.8 Å². The zero-order valence-corrected chi connectivity index (χ0v) is 13.2. The van der Waals surface area contributed by atoms with Gasteiger partial charge in [-0.1, -0.05) is 18.2 Å². The Labute approximate surface area is 130 Å². The van der Waals surface area contributed by atoms with Gasteiger partial charge >= 0.3 is 5.97 Å². The molecule has 0 saturated carbocycles. The molecule has 0 bridgehead atoms. The van der Waals surface area contributed by atoms with E-state index in [1.54, 1.807) is 6.92 Å². The molecule has 0 aromatic heterocycles. The molecule has 2 rings (SSSR count). The minimum atomic E-state index is -0.545. The van der Waals surface area contributed by atoms with E-state index in [1.807, 2.05) is 32.0 Å². The first-order chi connectivity index (χ1) is 10.4. The van der Waals surface area contributed by atoms with E-state index in [2.05, 4.69) is 0 Å². The largest absolute Gasteiger partial charge is 0.465 e. The van der Waals surface area contributed by atoms with Crippen LogP contribution in [0, 0.1) is 19.8 Å². The van der Waals surface area contributed by atoms with E-state index in [-0.39, 0.29) is 37.3 Å². The number of imide groups is 1. The topological polar surface area (TPSA) is 63.7 Å². The predicted octanol–water partition coefficient (Wildman–Crippen LogP) is 1.78. The van der Waals surface area contributed by atoms with Gasteiger partial charge in [-0.3, -0.25) is 19.3 Å². The van der Waals surface area contributed by atoms with Gasteiger partial charge < -0.3 is 4.74 Å². The number of hydrogen-bond acceptors (Lipinski definition) is 4. The van der Waals surface area contributed by atoms with E-state index in [1.165, 1.54) is 5.56 Å². The second-order valence-electron chi connectivity index (χ2n) is 5.65. The number of ether oxygens (including phenoxy) is 1. The summed E-state index contributed by atoms with van der Waals surface area (Å²) in [6.07, 6.45) is 0.677. The number of rotatable bonds is 5. The lowest BCUT2D eigenvalue weighted by Gasteiger charge is -2.14. The summed E-state index contributed by atoms with van der Waals surface area (Å²) < 4.78 is 4.80. The quantitative estimate of drug-likeness (QED) is 0.614. The van der Waals surface area contributed by atoms with Crippen LogP contribution in [0.2, 0.25) is 0 Å². The van der Waals surface area contributed by atoms with E-state index in [0.717, 1.165) is 16.0 Å². The third-order valence-electron chi connectivity index (χ3n) is 3.98. The average molecular weight is 303 g/mol. The molecule has 0 aliphatic carbocycles. The first kappa shape index (κ1) is 16.2. The maximum atomic E-state index is 12.3. The van der Waals surface area contributed by atoms with E-state index in [0.29, 0.717) is 6.42 Å². The molecular weight excluding hydrogens is 282 g/mol. The van der Waals surface area contributed by atoms with Crippen molar-refractivity contribution in [2.75, 3.05) is 13.2 Å². The lowest BCUT2D eigenvalue weighted by Crippen LogP contribution is -2.36. The van der Waals surface area contributed by atoms with Crippen LogP contribution in [0.3, 0.4) is 0 Å². The molecule has 1 saturated heterocycles. The first-order valence-electron chi connectivity index (χ1n) is 7.48. The number of carbonyl (C=O) groups is 3. The summed E-state index contributed by atoms with van der Waals surface area (Å²) in [5, 5.41) is 0. The highest BCUT2D eigenvalue weighted by molar-refractivity contribution is 6.05. The van der Waals surface area contributed by atoms with Crippen molar-refractivity contribution >= 4 is 17.8 Å². The molecule has 1 aliphatic heterocycles. The molecule has 0 spiro atoms. The Morgan fingerprint density at radius 1 is 1.27 bits per heavy atom. The molecule has 0 radical (unpaired) electrons.